The third-order valence-electron chi connectivity index (χ3n) is 4.56. The molecule has 0 N–H and O–H groups in total. The molecule has 4 rings (SSSR count). The van der Waals surface area contributed by atoms with Gasteiger partial charge in [0.25, 0.3) is 0 Å². The fourth-order valence-electron chi connectivity index (χ4n) is 3.36. The molecule has 2 heteroatoms. The fourth-order valence-corrected chi connectivity index (χ4v) is 3.36. The Hall–Kier alpha value is -2.48. The molecule has 23 heavy (non-hydrogen) atoms. The molecule has 0 aliphatic carbocycles. The van der Waals surface area contributed by atoms with Gasteiger partial charge < -0.3 is 8.83 Å². The summed E-state index contributed by atoms with van der Waals surface area (Å²) < 4.78 is 10.9. The van der Waals surface area contributed by atoms with Gasteiger partial charge in [-0.2, -0.15) is 0 Å². The molecule has 0 atom stereocenters. The first-order valence-electron chi connectivity index (χ1n) is 8.32. The van der Waals surface area contributed by atoms with Crippen molar-refractivity contribution in [1.82, 2.24) is 0 Å². The van der Waals surface area contributed by atoms with E-state index in [1.165, 1.54) is 41.2 Å². The average Bonchev–Trinajstić information content (AvgIpc) is 3.24. The molecule has 2 heterocycles. The first kappa shape index (κ1) is 14.1. The molecule has 0 spiro atoms. The van der Waals surface area contributed by atoms with Gasteiger partial charge in [-0.05, 0) is 61.1 Å². The SMILES string of the molecule is c1cc(CCCCCc2cccc3occc23)c2ccoc2c1. The minimum atomic E-state index is 0.995. The van der Waals surface area contributed by atoms with Crippen LogP contribution in [0.15, 0.2) is 69.9 Å². The number of hydrogen-bond acceptors (Lipinski definition) is 2. The van der Waals surface area contributed by atoms with E-state index in [9.17, 15) is 0 Å². The van der Waals surface area contributed by atoms with Gasteiger partial charge in [-0.25, -0.2) is 0 Å². The topological polar surface area (TPSA) is 26.3 Å². The summed E-state index contributed by atoms with van der Waals surface area (Å²) in [6.07, 6.45) is 9.46. The highest BCUT2D eigenvalue weighted by molar-refractivity contribution is 5.81. The van der Waals surface area contributed by atoms with Crippen LogP contribution in [0.1, 0.15) is 30.4 Å². The third kappa shape index (κ3) is 2.89. The second kappa shape index (κ2) is 6.33. The summed E-state index contributed by atoms with van der Waals surface area (Å²) in [5, 5.41) is 2.52. The van der Waals surface area contributed by atoms with Crippen LogP contribution < -0.4 is 0 Å². The van der Waals surface area contributed by atoms with Crippen LogP contribution in [0.3, 0.4) is 0 Å². The number of aryl methyl sites for hydroxylation is 2. The minimum absolute atomic E-state index is 0.995. The molecule has 0 fully saturated rings. The van der Waals surface area contributed by atoms with Crippen molar-refractivity contribution in [2.75, 3.05) is 0 Å². The van der Waals surface area contributed by atoms with E-state index in [4.69, 9.17) is 8.83 Å². The fraction of sp³-hybridized carbons (Fsp3) is 0.238. The number of hydrogen-bond donors (Lipinski definition) is 0. The molecule has 116 valence electrons. The Balaban J connectivity index is 1.32. The maximum atomic E-state index is 5.47. The average molecular weight is 304 g/mol. The zero-order valence-corrected chi connectivity index (χ0v) is 13.1. The van der Waals surface area contributed by atoms with Crippen LogP contribution in [0.5, 0.6) is 0 Å². The van der Waals surface area contributed by atoms with Gasteiger partial charge in [0.1, 0.15) is 11.2 Å². The zero-order chi connectivity index (χ0) is 15.5. The van der Waals surface area contributed by atoms with E-state index in [2.05, 4.69) is 36.4 Å². The van der Waals surface area contributed by atoms with Crippen molar-refractivity contribution in [3.05, 3.63) is 72.2 Å². The highest BCUT2D eigenvalue weighted by atomic mass is 16.3. The van der Waals surface area contributed by atoms with Crippen LogP contribution in [0, 0.1) is 0 Å². The monoisotopic (exact) mass is 304 g/mol. The highest BCUT2D eigenvalue weighted by Gasteiger charge is 2.05. The molecule has 2 aromatic heterocycles. The summed E-state index contributed by atoms with van der Waals surface area (Å²) in [4.78, 5) is 0. The molecule has 0 aliphatic heterocycles. The molecule has 0 saturated carbocycles. The molecule has 0 amide bonds. The van der Waals surface area contributed by atoms with Crippen molar-refractivity contribution in [1.29, 1.82) is 0 Å². The molecule has 0 radical (unpaired) electrons. The van der Waals surface area contributed by atoms with Crippen molar-refractivity contribution in [3.8, 4) is 0 Å². The van der Waals surface area contributed by atoms with E-state index in [0.29, 0.717) is 0 Å². The Morgan fingerprint density at radius 3 is 1.61 bits per heavy atom. The van der Waals surface area contributed by atoms with Crippen LogP contribution in [-0.4, -0.2) is 0 Å². The lowest BCUT2D eigenvalue weighted by Crippen LogP contribution is -1.90. The van der Waals surface area contributed by atoms with Gasteiger partial charge in [-0.3, -0.25) is 0 Å². The Morgan fingerprint density at radius 2 is 1.09 bits per heavy atom. The number of fused-ring (bicyclic) bond motifs is 2. The predicted octanol–water partition coefficient (Wildman–Crippen LogP) is 6.13. The summed E-state index contributed by atoms with van der Waals surface area (Å²) in [6, 6.07) is 16.8. The van der Waals surface area contributed by atoms with E-state index in [1.54, 1.807) is 12.5 Å². The van der Waals surface area contributed by atoms with Gasteiger partial charge in [0.15, 0.2) is 0 Å². The molecule has 0 saturated heterocycles. The van der Waals surface area contributed by atoms with Gasteiger partial charge in [0.05, 0.1) is 12.5 Å². The molecule has 2 aromatic carbocycles. The Kier molecular flexibility index (Phi) is 3.89. The number of benzene rings is 2. The van der Waals surface area contributed by atoms with Gasteiger partial charge >= 0.3 is 0 Å². The third-order valence-corrected chi connectivity index (χ3v) is 4.56. The van der Waals surface area contributed by atoms with Crippen LogP contribution in [0.25, 0.3) is 21.9 Å². The molecule has 2 nitrogen and oxygen atoms in total. The van der Waals surface area contributed by atoms with Crippen LogP contribution >= 0.6 is 0 Å². The van der Waals surface area contributed by atoms with E-state index < -0.39 is 0 Å². The molecule has 4 aromatic rings. The lowest BCUT2D eigenvalue weighted by atomic mass is 10.0. The van der Waals surface area contributed by atoms with Gasteiger partial charge in [-0.15, -0.1) is 0 Å². The second-order valence-electron chi connectivity index (χ2n) is 6.06. The molecular formula is C21H20O2. The van der Waals surface area contributed by atoms with E-state index in [0.717, 1.165) is 24.0 Å². The smallest absolute Gasteiger partial charge is 0.134 e. The van der Waals surface area contributed by atoms with Crippen molar-refractivity contribution in [3.63, 3.8) is 0 Å². The molecular weight excluding hydrogens is 284 g/mol. The maximum Gasteiger partial charge on any atom is 0.134 e. The molecule has 0 aliphatic rings. The van der Waals surface area contributed by atoms with Crippen molar-refractivity contribution in [2.45, 2.75) is 32.1 Å². The number of rotatable bonds is 6. The predicted molar refractivity (Wildman–Crippen MR) is 93.7 cm³/mol. The minimum Gasteiger partial charge on any atom is -0.464 e. The first-order valence-corrected chi connectivity index (χ1v) is 8.32. The Bertz CT molecular complexity index is 838. The quantitative estimate of drug-likeness (QED) is 0.400. The summed E-state index contributed by atoms with van der Waals surface area (Å²) in [5.41, 5.74) is 4.78. The Labute approximate surface area is 135 Å². The van der Waals surface area contributed by atoms with Crippen LogP contribution in [0.2, 0.25) is 0 Å². The second-order valence-corrected chi connectivity index (χ2v) is 6.06. The van der Waals surface area contributed by atoms with E-state index >= 15 is 0 Å². The van der Waals surface area contributed by atoms with Gasteiger partial charge in [-0.1, -0.05) is 30.7 Å². The van der Waals surface area contributed by atoms with Gasteiger partial charge in [0.2, 0.25) is 0 Å². The summed E-state index contributed by atoms with van der Waals surface area (Å²) in [6.45, 7) is 0. The summed E-state index contributed by atoms with van der Waals surface area (Å²) >= 11 is 0. The van der Waals surface area contributed by atoms with Crippen molar-refractivity contribution < 1.29 is 8.83 Å². The zero-order valence-electron chi connectivity index (χ0n) is 13.1. The number of unbranched alkanes of at least 4 members (excludes halogenated alkanes) is 2. The van der Waals surface area contributed by atoms with Crippen LogP contribution in [-0.2, 0) is 12.8 Å². The summed E-state index contributed by atoms with van der Waals surface area (Å²) in [7, 11) is 0. The first-order chi connectivity index (χ1) is 11.4. The van der Waals surface area contributed by atoms with Crippen molar-refractivity contribution >= 4 is 21.9 Å². The standard InChI is InChI=1S/C21H20O2/c1(2-6-16-8-4-10-20-18(16)12-14-22-20)3-7-17-9-5-11-21-19(17)13-15-23-21/h4-5,8-15H,1-3,6-7H2. The van der Waals surface area contributed by atoms with E-state index in [1.807, 2.05) is 12.1 Å². The largest absolute Gasteiger partial charge is 0.464 e. The van der Waals surface area contributed by atoms with E-state index in [-0.39, 0.29) is 0 Å². The molecule has 0 unspecified atom stereocenters. The number of furan rings is 2. The van der Waals surface area contributed by atoms with Crippen molar-refractivity contribution in [2.24, 2.45) is 0 Å². The highest BCUT2D eigenvalue weighted by Crippen LogP contribution is 2.23. The normalized spacial score (nSPS) is 11.5. The van der Waals surface area contributed by atoms with Crippen LogP contribution in [0.4, 0.5) is 0 Å². The Morgan fingerprint density at radius 1 is 0.565 bits per heavy atom. The maximum absolute atomic E-state index is 5.47. The van der Waals surface area contributed by atoms with Gasteiger partial charge in [0, 0.05) is 10.8 Å². The lowest BCUT2D eigenvalue weighted by molar-refractivity contribution is 0.615. The summed E-state index contributed by atoms with van der Waals surface area (Å²) in [5.74, 6) is 0. The molecule has 0 bridgehead atoms. The lowest BCUT2D eigenvalue weighted by Gasteiger charge is -2.05.